The summed E-state index contributed by atoms with van der Waals surface area (Å²) >= 11 is 3.64. The average Bonchev–Trinajstić information content (AvgIpc) is 2.92. The van der Waals surface area contributed by atoms with Crippen LogP contribution in [0, 0.1) is 0 Å². The monoisotopic (exact) mass is 269 g/mol. The molecule has 1 fully saturated rings. The van der Waals surface area contributed by atoms with Crippen LogP contribution in [0.2, 0.25) is 0 Å². The molecule has 2 atom stereocenters. The number of rotatable bonds is 5. The standard InChI is InChI=1S/C13H19NOS2/c1-2-16-12-7-3-6-11(12)14-13(15)9-10-5-4-8-17-10/h4-5,8,11-12H,2-3,6-7,9H2,1H3,(H,14,15)/t11-,12-/m0/s1. The third kappa shape index (κ3) is 3.75. The second-order valence-electron chi connectivity index (χ2n) is 4.35. The van der Waals surface area contributed by atoms with Gasteiger partial charge in [-0.1, -0.05) is 19.4 Å². The molecular formula is C13H19NOS2. The average molecular weight is 269 g/mol. The molecule has 0 saturated heterocycles. The van der Waals surface area contributed by atoms with Crippen molar-refractivity contribution in [3.8, 4) is 0 Å². The Balaban J connectivity index is 1.81. The number of carbonyl (C=O) groups is 1. The van der Waals surface area contributed by atoms with Crippen molar-refractivity contribution in [3.05, 3.63) is 22.4 Å². The van der Waals surface area contributed by atoms with Gasteiger partial charge in [-0.3, -0.25) is 4.79 Å². The third-order valence-electron chi connectivity index (χ3n) is 3.09. The summed E-state index contributed by atoms with van der Waals surface area (Å²) in [6.45, 7) is 2.19. The Bertz CT molecular complexity index is 350. The number of thioether (sulfide) groups is 1. The van der Waals surface area contributed by atoms with Crippen LogP contribution in [0.15, 0.2) is 17.5 Å². The summed E-state index contributed by atoms with van der Waals surface area (Å²) in [7, 11) is 0. The fraction of sp³-hybridized carbons (Fsp3) is 0.615. The van der Waals surface area contributed by atoms with Crippen molar-refractivity contribution in [2.75, 3.05) is 5.75 Å². The molecule has 2 rings (SSSR count). The van der Waals surface area contributed by atoms with E-state index in [9.17, 15) is 4.79 Å². The van der Waals surface area contributed by atoms with Crippen molar-refractivity contribution in [3.63, 3.8) is 0 Å². The third-order valence-corrected chi connectivity index (χ3v) is 5.30. The van der Waals surface area contributed by atoms with Gasteiger partial charge in [-0.15, -0.1) is 11.3 Å². The maximum atomic E-state index is 11.9. The predicted molar refractivity (Wildman–Crippen MR) is 75.7 cm³/mol. The molecule has 0 aromatic carbocycles. The molecule has 1 aliphatic rings. The van der Waals surface area contributed by atoms with Gasteiger partial charge in [-0.25, -0.2) is 0 Å². The SMILES string of the molecule is CCS[C@H]1CCC[C@@H]1NC(=O)Cc1cccs1. The summed E-state index contributed by atoms with van der Waals surface area (Å²) in [5, 5.41) is 5.85. The van der Waals surface area contributed by atoms with E-state index in [2.05, 4.69) is 12.2 Å². The summed E-state index contributed by atoms with van der Waals surface area (Å²) in [5.74, 6) is 1.32. The minimum absolute atomic E-state index is 0.182. The molecule has 1 aromatic rings. The van der Waals surface area contributed by atoms with Crippen LogP contribution in [-0.2, 0) is 11.2 Å². The van der Waals surface area contributed by atoms with Gasteiger partial charge in [0.25, 0.3) is 0 Å². The molecule has 1 aliphatic carbocycles. The lowest BCUT2D eigenvalue weighted by Crippen LogP contribution is -2.39. The molecule has 0 radical (unpaired) electrons. The van der Waals surface area contributed by atoms with Gasteiger partial charge in [0, 0.05) is 16.2 Å². The van der Waals surface area contributed by atoms with Crippen LogP contribution in [0.5, 0.6) is 0 Å². The van der Waals surface area contributed by atoms with Gasteiger partial charge >= 0.3 is 0 Å². The van der Waals surface area contributed by atoms with Crippen molar-refractivity contribution in [1.29, 1.82) is 0 Å². The highest BCUT2D eigenvalue weighted by Crippen LogP contribution is 2.29. The smallest absolute Gasteiger partial charge is 0.225 e. The topological polar surface area (TPSA) is 29.1 Å². The van der Waals surface area contributed by atoms with Crippen molar-refractivity contribution in [2.45, 2.75) is 43.9 Å². The van der Waals surface area contributed by atoms with E-state index in [1.807, 2.05) is 29.3 Å². The Morgan fingerprint density at radius 3 is 3.18 bits per heavy atom. The highest BCUT2D eigenvalue weighted by molar-refractivity contribution is 7.99. The first-order valence-corrected chi connectivity index (χ1v) is 8.15. The normalized spacial score (nSPS) is 23.8. The first-order valence-electron chi connectivity index (χ1n) is 6.23. The van der Waals surface area contributed by atoms with Gasteiger partial charge < -0.3 is 5.32 Å². The molecule has 17 heavy (non-hydrogen) atoms. The van der Waals surface area contributed by atoms with Crippen LogP contribution in [0.3, 0.4) is 0 Å². The molecular weight excluding hydrogens is 250 g/mol. The van der Waals surface area contributed by atoms with E-state index in [1.54, 1.807) is 11.3 Å². The number of thiophene rings is 1. The van der Waals surface area contributed by atoms with E-state index >= 15 is 0 Å². The first kappa shape index (κ1) is 13.0. The molecule has 94 valence electrons. The van der Waals surface area contributed by atoms with Crippen LogP contribution < -0.4 is 5.32 Å². The van der Waals surface area contributed by atoms with E-state index in [4.69, 9.17) is 0 Å². The summed E-state index contributed by atoms with van der Waals surface area (Å²) in [6.07, 6.45) is 4.19. The predicted octanol–water partition coefficient (Wildman–Crippen LogP) is 3.08. The van der Waals surface area contributed by atoms with Crippen LogP contribution in [-0.4, -0.2) is 23.0 Å². The number of hydrogen-bond donors (Lipinski definition) is 1. The first-order chi connectivity index (χ1) is 8.29. The maximum Gasteiger partial charge on any atom is 0.225 e. The highest BCUT2D eigenvalue weighted by atomic mass is 32.2. The fourth-order valence-electron chi connectivity index (χ4n) is 2.33. The van der Waals surface area contributed by atoms with E-state index in [1.165, 1.54) is 12.8 Å². The Kier molecular flexibility index (Phi) is 4.92. The number of amides is 1. The summed E-state index contributed by atoms with van der Waals surface area (Å²) in [5.41, 5.74) is 0. The maximum absolute atomic E-state index is 11.9. The molecule has 1 amide bonds. The summed E-state index contributed by atoms with van der Waals surface area (Å²) < 4.78 is 0. The van der Waals surface area contributed by atoms with E-state index < -0.39 is 0 Å². The van der Waals surface area contributed by atoms with Gasteiger partial charge in [-0.05, 0) is 30.0 Å². The fourth-order valence-corrected chi connectivity index (χ4v) is 4.24. The van der Waals surface area contributed by atoms with Crippen LogP contribution in [0.25, 0.3) is 0 Å². The molecule has 0 unspecified atom stereocenters. The van der Waals surface area contributed by atoms with Gasteiger partial charge in [0.2, 0.25) is 5.91 Å². The van der Waals surface area contributed by atoms with Gasteiger partial charge in [0.15, 0.2) is 0 Å². The number of nitrogens with one attached hydrogen (secondary N) is 1. The lowest BCUT2D eigenvalue weighted by atomic mass is 10.2. The number of carbonyl (C=O) groups excluding carboxylic acids is 1. The zero-order valence-electron chi connectivity index (χ0n) is 10.1. The second kappa shape index (κ2) is 6.45. The summed E-state index contributed by atoms with van der Waals surface area (Å²) in [4.78, 5) is 13.1. The van der Waals surface area contributed by atoms with Crippen LogP contribution >= 0.6 is 23.1 Å². The zero-order valence-corrected chi connectivity index (χ0v) is 11.8. The Morgan fingerprint density at radius 1 is 1.59 bits per heavy atom. The van der Waals surface area contributed by atoms with E-state index in [0.29, 0.717) is 17.7 Å². The Morgan fingerprint density at radius 2 is 2.47 bits per heavy atom. The quantitative estimate of drug-likeness (QED) is 0.890. The van der Waals surface area contributed by atoms with Crippen LogP contribution in [0.1, 0.15) is 31.1 Å². The molecule has 1 heterocycles. The van der Waals surface area contributed by atoms with E-state index in [-0.39, 0.29) is 5.91 Å². The molecule has 4 heteroatoms. The molecule has 1 N–H and O–H groups in total. The van der Waals surface area contributed by atoms with Crippen LogP contribution in [0.4, 0.5) is 0 Å². The molecule has 0 spiro atoms. The molecule has 1 saturated carbocycles. The van der Waals surface area contributed by atoms with Crippen molar-refractivity contribution in [2.24, 2.45) is 0 Å². The number of hydrogen-bond acceptors (Lipinski definition) is 3. The second-order valence-corrected chi connectivity index (χ2v) is 6.90. The van der Waals surface area contributed by atoms with Crippen molar-refractivity contribution >= 4 is 29.0 Å². The van der Waals surface area contributed by atoms with Crippen molar-refractivity contribution < 1.29 is 4.79 Å². The lowest BCUT2D eigenvalue weighted by molar-refractivity contribution is -0.121. The van der Waals surface area contributed by atoms with Crippen molar-refractivity contribution in [1.82, 2.24) is 5.32 Å². The molecule has 1 aromatic heterocycles. The molecule has 0 aliphatic heterocycles. The molecule has 0 bridgehead atoms. The highest BCUT2D eigenvalue weighted by Gasteiger charge is 2.28. The van der Waals surface area contributed by atoms with E-state index in [0.717, 1.165) is 17.1 Å². The Hall–Kier alpha value is -0.480. The van der Waals surface area contributed by atoms with Gasteiger partial charge in [-0.2, -0.15) is 11.8 Å². The lowest BCUT2D eigenvalue weighted by Gasteiger charge is -2.19. The Labute approximate surface area is 111 Å². The van der Waals surface area contributed by atoms with Gasteiger partial charge in [0.05, 0.1) is 6.42 Å². The largest absolute Gasteiger partial charge is 0.352 e. The summed E-state index contributed by atoms with van der Waals surface area (Å²) in [6, 6.07) is 4.42. The minimum Gasteiger partial charge on any atom is -0.352 e. The van der Waals surface area contributed by atoms with Gasteiger partial charge in [0.1, 0.15) is 0 Å². The zero-order chi connectivity index (χ0) is 12.1. The minimum atomic E-state index is 0.182. The molecule has 2 nitrogen and oxygen atoms in total.